The number of hydrazine groups is 1. The van der Waals surface area contributed by atoms with Crippen LogP contribution in [-0.4, -0.2) is 19.7 Å². The van der Waals surface area contributed by atoms with E-state index >= 15 is 0 Å². The molecule has 0 fully saturated rings. The summed E-state index contributed by atoms with van der Waals surface area (Å²) in [6.45, 7) is 0. The Hall–Kier alpha value is -1.95. The van der Waals surface area contributed by atoms with Crippen molar-refractivity contribution in [2.24, 2.45) is 12.9 Å². The fourth-order valence-electron chi connectivity index (χ4n) is 1.12. The number of aryl methyl sites for hydroxylation is 1. The highest BCUT2D eigenvalue weighted by Crippen LogP contribution is 2.13. The maximum atomic E-state index is 5.20. The average molecular weight is 190 g/mol. The van der Waals surface area contributed by atoms with Crippen LogP contribution in [-0.2, 0) is 7.05 Å². The standard InChI is InChI=1S/C8H10N6/c1-14-5-3-7(13-14)6-2-4-10-8(11-6)12-9/h2-5H,9H2,1H3,(H,10,11,12). The number of anilines is 1. The van der Waals surface area contributed by atoms with Gasteiger partial charge in [-0.25, -0.2) is 15.8 Å². The fourth-order valence-corrected chi connectivity index (χ4v) is 1.12. The van der Waals surface area contributed by atoms with Gasteiger partial charge in [-0.2, -0.15) is 5.10 Å². The third-order valence-electron chi connectivity index (χ3n) is 1.76. The highest BCUT2D eigenvalue weighted by Gasteiger charge is 2.03. The van der Waals surface area contributed by atoms with Crippen LogP contribution < -0.4 is 11.3 Å². The molecule has 0 saturated heterocycles. The van der Waals surface area contributed by atoms with Gasteiger partial charge in [-0.15, -0.1) is 0 Å². The minimum atomic E-state index is 0.383. The molecule has 2 rings (SSSR count). The quantitative estimate of drug-likeness (QED) is 0.521. The highest BCUT2D eigenvalue weighted by atomic mass is 15.3. The van der Waals surface area contributed by atoms with Crippen molar-refractivity contribution in [2.75, 3.05) is 5.43 Å². The summed E-state index contributed by atoms with van der Waals surface area (Å²) in [5, 5.41) is 4.21. The molecule has 3 N–H and O–H groups in total. The van der Waals surface area contributed by atoms with Crippen LogP contribution in [0.25, 0.3) is 11.4 Å². The van der Waals surface area contributed by atoms with E-state index in [0.29, 0.717) is 5.95 Å². The van der Waals surface area contributed by atoms with Crippen LogP contribution in [0.1, 0.15) is 0 Å². The maximum Gasteiger partial charge on any atom is 0.237 e. The van der Waals surface area contributed by atoms with Crippen LogP contribution in [0.2, 0.25) is 0 Å². The monoisotopic (exact) mass is 190 g/mol. The van der Waals surface area contributed by atoms with Gasteiger partial charge in [0.1, 0.15) is 5.69 Å². The Morgan fingerprint density at radius 2 is 2.21 bits per heavy atom. The van der Waals surface area contributed by atoms with E-state index in [1.54, 1.807) is 16.9 Å². The SMILES string of the molecule is Cn1ccc(-c2ccnc(NN)n2)n1. The van der Waals surface area contributed by atoms with Gasteiger partial charge in [0.05, 0.1) is 5.69 Å². The van der Waals surface area contributed by atoms with Crippen LogP contribution in [0.15, 0.2) is 24.5 Å². The molecular weight excluding hydrogens is 180 g/mol. The predicted molar refractivity (Wildman–Crippen MR) is 52.0 cm³/mol. The van der Waals surface area contributed by atoms with Crippen LogP contribution >= 0.6 is 0 Å². The van der Waals surface area contributed by atoms with Gasteiger partial charge in [0, 0.05) is 19.4 Å². The largest absolute Gasteiger partial charge is 0.292 e. The molecule has 2 aromatic heterocycles. The number of nitrogens with two attached hydrogens (primary N) is 1. The van der Waals surface area contributed by atoms with Crippen molar-refractivity contribution >= 4 is 5.95 Å². The van der Waals surface area contributed by atoms with Crippen molar-refractivity contribution in [3.05, 3.63) is 24.5 Å². The van der Waals surface area contributed by atoms with Gasteiger partial charge in [-0.3, -0.25) is 10.1 Å². The molecule has 0 saturated carbocycles. The summed E-state index contributed by atoms with van der Waals surface area (Å²) >= 11 is 0. The van der Waals surface area contributed by atoms with Crippen molar-refractivity contribution in [1.82, 2.24) is 19.7 Å². The Kier molecular flexibility index (Phi) is 2.11. The molecule has 14 heavy (non-hydrogen) atoms. The minimum absolute atomic E-state index is 0.383. The van der Waals surface area contributed by atoms with E-state index in [1.807, 2.05) is 19.3 Å². The maximum absolute atomic E-state index is 5.20. The third-order valence-corrected chi connectivity index (χ3v) is 1.76. The Labute approximate surface area is 80.8 Å². The molecule has 2 aromatic rings. The summed E-state index contributed by atoms with van der Waals surface area (Å²) in [7, 11) is 1.85. The van der Waals surface area contributed by atoms with E-state index in [-0.39, 0.29) is 0 Å². The summed E-state index contributed by atoms with van der Waals surface area (Å²) in [5.74, 6) is 5.58. The lowest BCUT2D eigenvalue weighted by Gasteiger charge is -1.99. The zero-order valence-electron chi connectivity index (χ0n) is 7.68. The topological polar surface area (TPSA) is 81.7 Å². The second kappa shape index (κ2) is 3.43. The van der Waals surface area contributed by atoms with Gasteiger partial charge in [0.25, 0.3) is 0 Å². The zero-order valence-corrected chi connectivity index (χ0v) is 7.68. The van der Waals surface area contributed by atoms with Crippen LogP contribution in [0.4, 0.5) is 5.95 Å². The molecule has 0 spiro atoms. The summed E-state index contributed by atoms with van der Waals surface area (Å²) in [6.07, 6.45) is 3.49. The molecular formula is C8H10N6. The number of aromatic nitrogens is 4. The van der Waals surface area contributed by atoms with Crippen molar-refractivity contribution in [3.63, 3.8) is 0 Å². The zero-order chi connectivity index (χ0) is 9.97. The fraction of sp³-hybridized carbons (Fsp3) is 0.125. The van der Waals surface area contributed by atoms with Gasteiger partial charge in [0.15, 0.2) is 0 Å². The van der Waals surface area contributed by atoms with Crippen LogP contribution in [0.3, 0.4) is 0 Å². The summed E-state index contributed by atoms with van der Waals surface area (Å²) in [4.78, 5) is 8.06. The summed E-state index contributed by atoms with van der Waals surface area (Å²) < 4.78 is 1.72. The van der Waals surface area contributed by atoms with Gasteiger partial charge < -0.3 is 0 Å². The van der Waals surface area contributed by atoms with Gasteiger partial charge in [-0.1, -0.05) is 0 Å². The van der Waals surface area contributed by atoms with Crippen LogP contribution in [0, 0.1) is 0 Å². The second-order valence-electron chi connectivity index (χ2n) is 2.78. The number of nitrogen functional groups attached to an aromatic ring is 1. The van der Waals surface area contributed by atoms with Crippen molar-refractivity contribution in [3.8, 4) is 11.4 Å². The molecule has 72 valence electrons. The molecule has 0 aliphatic carbocycles. The van der Waals surface area contributed by atoms with Crippen molar-refractivity contribution in [2.45, 2.75) is 0 Å². The Morgan fingerprint density at radius 1 is 1.36 bits per heavy atom. The van der Waals surface area contributed by atoms with E-state index in [2.05, 4.69) is 20.5 Å². The number of hydrogen-bond donors (Lipinski definition) is 2. The van der Waals surface area contributed by atoms with Crippen LogP contribution in [0.5, 0.6) is 0 Å². The van der Waals surface area contributed by atoms with E-state index < -0.39 is 0 Å². The molecule has 0 amide bonds. The first-order valence-corrected chi connectivity index (χ1v) is 4.09. The molecule has 2 heterocycles. The van der Waals surface area contributed by atoms with Gasteiger partial charge >= 0.3 is 0 Å². The Bertz CT molecular complexity index is 435. The predicted octanol–water partition coefficient (Wildman–Crippen LogP) is 0.163. The molecule has 0 radical (unpaired) electrons. The number of hydrogen-bond acceptors (Lipinski definition) is 5. The smallest absolute Gasteiger partial charge is 0.237 e. The summed E-state index contributed by atoms with van der Waals surface area (Å²) in [5.41, 5.74) is 3.93. The molecule has 0 aliphatic rings. The van der Waals surface area contributed by atoms with Crippen molar-refractivity contribution < 1.29 is 0 Å². The first kappa shape index (κ1) is 8.64. The lowest BCUT2D eigenvalue weighted by atomic mass is 10.3. The first-order valence-electron chi connectivity index (χ1n) is 4.09. The normalized spacial score (nSPS) is 10.1. The lowest BCUT2D eigenvalue weighted by molar-refractivity contribution is 0.770. The molecule has 0 aromatic carbocycles. The molecule has 0 unspecified atom stereocenters. The van der Waals surface area contributed by atoms with Crippen molar-refractivity contribution in [1.29, 1.82) is 0 Å². The number of nitrogens with one attached hydrogen (secondary N) is 1. The van der Waals surface area contributed by atoms with E-state index in [0.717, 1.165) is 11.4 Å². The molecule has 0 bridgehead atoms. The summed E-state index contributed by atoms with van der Waals surface area (Å²) in [6, 6.07) is 3.66. The van der Waals surface area contributed by atoms with E-state index in [4.69, 9.17) is 5.84 Å². The number of rotatable bonds is 2. The second-order valence-corrected chi connectivity index (χ2v) is 2.78. The average Bonchev–Trinajstić information content (AvgIpc) is 2.65. The number of nitrogens with zero attached hydrogens (tertiary/aromatic N) is 4. The lowest BCUT2D eigenvalue weighted by Crippen LogP contribution is -2.10. The third kappa shape index (κ3) is 1.55. The van der Waals surface area contributed by atoms with E-state index in [1.165, 1.54) is 0 Å². The molecule has 6 nitrogen and oxygen atoms in total. The Balaban J connectivity index is 2.41. The molecule has 0 atom stereocenters. The first-order chi connectivity index (χ1) is 6.79. The van der Waals surface area contributed by atoms with Gasteiger partial charge in [-0.05, 0) is 12.1 Å². The molecule has 0 aliphatic heterocycles. The highest BCUT2D eigenvalue weighted by molar-refractivity contribution is 5.54. The van der Waals surface area contributed by atoms with E-state index in [9.17, 15) is 0 Å². The molecule has 6 heteroatoms. The Morgan fingerprint density at radius 3 is 2.86 bits per heavy atom. The minimum Gasteiger partial charge on any atom is -0.292 e. The van der Waals surface area contributed by atoms with Gasteiger partial charge in [0.2, 0.25) is 5.95 Å².